The molecule has 4 N–H and O–H groups in total. The number of carbonyl (C=O) groups is 4. The van der Waals surface area contributed by atoms with Crippen molar-refractivity contribution in [2.24, 2.45) is 17.8 Å². The van der Waals surface area contributed by atoms with Crippen molar-refractivity contribution in [3.63, 3.8) is 0 Å². The summed E-state index contributed by atoms with van der Waals surface area (Å²) in [5.74, 6) is 2.18. The number of H-pyrrole nitrogens is 2. The summed E-state index contributed by atoms with van der Waals surface area (Å²) in [5.41, 5.74) is 11.5. The number of fused-ring (bicyclic) bond motifs is 5. The number of aromatic nitrogens is 4. The molecule has 0 radical (unpaired) electrons. The Hall–Kier alpha value is -6.70. The highest BCUT2D eigenvalue weighted by Gasteiger charge is 2.43. The maximum absolute atomic E-state index is 13.9. The first-order chi connectivity index (χ1) is 32.4. The van der Waals surface area contributed by atoms with Crippen LogP contribution in [0.5, 0.6) is 0 Å². The highest BCUT2D eigenvalue weighted by Crippen LogP contribution is 2.57. The monoisotopic (exact) mass is 904 g/mol. The SMILES string of the molecule is COC(=O)N[C@H](C(=O)N1CCCC1c1ncc(-c2ccc(-c3ccc(-c4ccc5nc([C@@H]6CCCN6C(=O)[C@H](NC(=O)OC)C(C)C)[nH]c5c4)c4c3C3CCC3C4)c3ccccc23)[nH]1)C(C)C. The van der Waals surface area contributed by atoms with Gasteiger partial charge < -0.3 is 39.9 Å². The Morgan fingerprint density at radius 2 is 1.28 bits per heavy atom. The second-order valence-corrected chi connectivity index (χ2v) is 19.5. The summed E-state index contributed by atoms with van der Waals surface area (Å²) in [6.07, 6.45) is 7.38. The molecule has 67 heavy (non-hydrogen) atoms. The van der Waals surface area contributed by atoms with Gasteiger partial charge >= 0.3 is 12.2 Å². The lowest BCUT2D eigenvalue weighted by atomic mass is 9.73. The van der Waals surface area contributed by atoms with Gasteiger partial charge in [0.1, 0.15) is 23.7 Å². The molecule has 4 aliphatic rings. The molecule has 1 saturated carbocycles. The van der Waals surface area contributed by atoms with Crippen molar-refractivity contribution >= 4 is 45.8 Å². The predicted molar refractivity (Wildman–Crippen MR) is 257 cm³/mol. The molecule has 0 bridgehead atoms. The quantitative estimate of drug-likeness (QED) is 0.0995. The van der Waals surface area contributed by atoms with E-state index in [-0.39, 0.29) is 35.7 Å². The molecule has 2 aromatic heterocycles. The van der Waals surface area contributed by atoms with Gasteiger partial charge in [0.15, 0.2) is 0 Å². The smallest absolute Gasteiger partial charge is 0.407 e. The summed E-state index contributed by atoms with van der Waals surface area (Å²) in [4.78, 5) is 72.8. The van der Waals surface area contributed by atoms with E-state index < -0.39 is 24.3 Å². The minimum absolute atomic E-state index is 0.110. The van der Waals surface area contributed by atoms with Crippen LogP contribution in [0.15, 0.2) is 72.9 Å². The normalized spacial score (nSPS) is 20.8. The molecule has 348 valence electrons. The Morgan fingerprint density at radius 1 is 0.687 bits per heavy atom. The molecule has 4 aromatic carbocycles. The lowest BCUT2D eigenvalue weighted by molar-refractivity contribution is -0.136. The second kappa shape index (κ2) is 17.8. The van der Waals surface area contributed by atoms with Gasteiger partial charge in [-0.05, 0) is 125 Å². The largest absolute Gasteiger partial charge is 0.453 e. The van der Waals surface area contributed by atoms with Crippen molar-refractivity contribution in [2.45, 2.75) is 103 Å². The van der Waals surface area contributed by atoms with Crippen molar-refractivity contribution in [3.05, 3.63) is 95.7 Å². The fraction of sp³-hybridized carbons (Fsp3) is 0.434. The Labute approximate surface area is 390 Å². The number of likely N-dealkylation sites (tertiary alicyclic amines) is 2. The number of hydrogen-bond acceptors (Lipinski definition) is 8. The van der Waals surface area contributed by atoms with Gasteiger partial charge in [0.2, 0.25) is 11.8 Å². The third-order valence-corrected chi connectivity index (χ3v) is 15.0. The lowest BCUT2D eigenvalue weighted by Crippen LogP contribution is -2.51. The van der Waals surface area contributed by atoms with Gasteiger partial charge in [0.05, 0.1) is 49.2 Å². The van der Waals surface area contributed by atoms with Crippen molar-refractivity contribution in [3.8, 4) is 33.5 Å². The van der Waals surface area contributed by atoms with Gasteiger partial charge in [0.25, 0.3) is 0 Å². The van der Waals surface area contributed by atoms with E-state index in [1.54, 1.807) is 0 Å². The molecule has 4 heterocycles. The molecular formula is C53H60N8O6. The van der Waals surface area contributed by atoms with Crippen LogP contribution in [0.2, 0.25) is 0 Å². The molecule has 6 atom stereocenters. The molecule has 14 heteroatoms. The van der Waals surface area contributed by atoms with Crippen LogP contribution >= 0.6 is 0 Å². The number of carbonyl (C=O) groups excluding carboxylic acids is 4. The molecule has 2 saturated heterocycles. The lowest BCUT2D eigenvalue weighted by Gasteiger charge is -2.32. The summed E-state index contributed by atoms with van der Waals surface area (Å²) in [6, 6.07) is 22.4. The fourth-order valence-electron chi connectivity index (χ4n) is 11.4. The Bertz CT molecular complexity index is 2900. The number of amides is 4. The van der Waals surface area contributed by atoms with Crippen LogP contribution in [0.1, 0.15) is 107 Å². The highest BCUT2D eigenvalue weighted by atomic mass is 16.5. The average molecular weight is 905 g/mol. The molecular weight excluding hydrogens is 845 g/mol. The van der Waals surface area contributed by atoms with Gasteiger partial charge in [-0.3, -0.25) is 9.59 Å². The van der Waals surface area contributed by atoms with Crippen LogP contribution in [-0.4, -0.2) is 93.1 Å². The summed E-state index contributed by atoms with van der Waals surface area (Å²) in [7, 11) is 2.61. The molecule has 6 aromatic rings. The summed E-state index contributed by atoms with van der Waals surface area (Å²) in [6.45, 7) is 8.88. The van der Waals surface area contributed by atoms with Crippen LogP contribution in [0.4, 0.5) is 9.59 Å². The van der Waals surface area contributed by atoms with Crippen molar-refractivity contribution < 1.29 is 28.7 Å². The zero-order valence-corrected chi connectivity index (χ0v) is 39.1. The Balaban J connectivity index is 0.948. The number of ether oxygens (including phenoxy) is 2. The van der Waals surface area contributed by atoms with Crippen LogP contribution in [0.25, 0.3) is 55.3 Å². The minimum atomic E-state index is -0.699. The molecule has 2 aliphatic heterocycles. The number of aromatic amines is 2. The van der Waals surface area contributed by atoms with E-state index in [2.05, 4.69) is 87.3 Å². The van der Waals surface area contributed by atoms with E-state index in [4.69, 9.17) is 19.4 Å². The van der Waals surface area contributed by atoms with Gasteiger partial charge in [-0.15, -0.1) is 0 Å². The van der Waals surface area contributed by atoms with E-state index in [0.29, 0.717) is 24.9 Å². The number of imidazole rings is 2. The maximum Gasteiger partial charge on any atom is 0.407 e. The van der Waals surface area contributed by atoms with E-state index in [0.717, 1.165) is 77.0 Å². The zero-order valence-electron chi connectivity index (χ0n) is 39.1. The van der Waals surface area contributed by atoms with E-state index in [1.165, 1.54) is 60.3 Å². The molecule has 14 nitrogen and oxygen atoms in total. The van der Waals surface area contributed by atoms with Crippen molar-refractivity contribution in [1.82, 2.24) is 40.4 Å². The van der Waals surface area contributed by atoms with Crippen LogP contribution in [0.3, 0.4) is 0 Å². The van der Waals surface area contributed by atoms with Crippen LogP contribution in [0, 0.1) is 17.8 Å². The second-order valence-electron chi connectivity index (χ2n) is 19.5. The minimum Gasteiger partial charge on any atom is -0.453 e. The molecule has 0 spiro atoms. The third kappa shape index (κ3) is 7.87. The van der Waals surface area contributed by atoms with Crippen LogP contribution < -0.4 is 10.6 Å². The Morgan fingerprint density at radius 3 is 1.90 bits per heavy atom. The number of alkyl carbamates (subject to hydrolysis) is 2. The van der Waals surface area contributed by atoms with Gasteiger partial charge in [0, 0.05) is 18.7 Å². The highest BCUT2D eigenvalue weighted by molar-refractivity contribution is 6.05. The molecule has 3 unspecified atom stereocenters. The molecule has 10 rings (SSSR count). The van der Waals surface area contributed by atoms with Crippen molar-refractivity contribution in [1.29, 1.82) is 0 Å². The molecule has 3 fully saturated rings. The van der Waals surface area contributed by atoms with Crippen molar-refractivity contribution in [2.75, 3.05) is 27.3 Å². The fourth-order valence-corrected chi connectivity index (χ4v) is 11.4. The van der Waals surface area contributed by atoms with Crippen LogP contribution in [-0.2, 0) is 25.5 Å². The average Bonchev–Trinajstić information content (AvgIpc) is 4.18. The summed E-state index contributed by atoms with van der Waals surface area (Å²) < 4.78 is 9.66. The molecule has 2 aliphatic carbocycles. The topological polar surface area (TPSA) is 175 Å². The summed E-state index contributed by atoms with van der Waals surface area (Å²) in [5, 5.41) is 7.79. The number of rotatable bonds is 11. The van der Waals surface area contributed by atoms with Gasteiger partial charge in [-0.2, -0.15) is 0 Å². The Kier molecular flexibility index (Phi) is 11.8. The summed E-state index contributed by atoms with van der Waals surface area (Å²) >= 11 is 0. The number of nitrogens with one attached hydrogen (secondary N) is 4. The van der Waals surface area contributed by atoms with Gasteiger partial charge in [-0.25, -0.2) is 19.6 Å². The van der Waals surface area contributed by atoms with E-state index in [9.17, 15) is 19.2 Å². The van der Waals surface area contributed by atoms with E-state index in [1.807, 2.05) is 43.7 Å². The third-order valence-electron chi connectivity index (χ3n) is 15.0. The molecule has 4 amide bonds. The standard InChI is InChI=1S/C53H60N8O6/c1-28(2)46(58-52(64)66-5)50(62)60-23-9-13-43(60)48-54-27-42(57-48)37-20-19-36(34-11-7-8-12-35(34)37)38-21-18-32(39-25-30-15-17-33(30)45(38)39)31-16-22-40-41(26-31)56-49(55-40)44-14-10-24-61(44)51(63)47(29(3)4)59-53(65)67-6/h7-8,11-12,16,18-22,26-30,33,43-44,46-47H,9-10,13-15,17,23-25H2,1-6H3,(H,54,57)(H,55,56)(H,58,64)(H,59,65)/t30?,33?,43?,44-,46-,47+/m0/s1. The number of benzene rings is 4. The first-order valence-electron chi connectivity index (χ1n) is 24.0. The first-order valence-corrected chi connectivity index (χ1v) is 24.0. The van der Waals surface area contributed by atoms with E-state index >= 15 is 0 Å². The first kappa shape index (κ1) is 44.2. The number of methoxy groups -OCH3 is 2. The predicted octanol–water partition coefficient (Wildman–Crippen LogP) is 9.58. The zero-order chi connectivity index (χ0) is 46.7. The number of hydrogen-bond donors (Lipinski definition) is 4. The van der Waals surface area contributed by atoms with Gasteiger partial charge in [-0.1, -0.05) is 82.3 Å². The number of nitrogens with zero attached hydrogens (tertiary/aromatic N) is 4. The maximum atomic E-state index is 13.9.